The number of carbonyl (C=O) groups is 1. The molecule has 1 fully saturated rings. The molecule has 2 N–H and O–H groups in total. The lowest BCUT2D eigenvalue weighted by Crippen LogP contribution is -2.44. The van der Waals surface area contributed by atoms with Crippen molar-refractivity contribution >= 4 is 5.91 Å². The van der Waals surface area contributed by atoms with Crippen LogP contribution >= 0.6 is 0 Å². The molecule has 0 radical (unpaired) electrons. The van der Waals surface area contributed by atoms with Gasteiger partial charge in [-0.1, -0.05) is 19.3 Å². The van der Waals surface area contributed by atoms with Crippen molar-refractivity contribution < 1.29 is 9.53 Å². The molecular weight excluding hydrogens is 216 g/mol. The molecule has 1 aliphatic rings. The molecule has 1 saturated carbocycles. The van der Waals surface area contributed by atoms with E-state index in [4.69, 9.17) is 4.74 Å². The van der Waals surface area contributed by atoms with Gasteiger partial charge in [0, 0.05) is 18.7 Å². The third kappa shape index (κ3) is 6.64. The number of hydrogen-bond donors (Lipinski definition) is 2. The van der Waals surface area contributed by atoms with Gasteiger partial charge in [-0.25, -0.2) is 0 Å². The number of ether oxygens (including phenoxy) is 1. The summed E-state index contributed by atoms with van der Waals surface area (Å²) in [4.78, 5) is 11.7. The Hall–Kier alpha value is -0.610. The van der Waals surface area contributed by atoms with Crippen LogP contribution in [-0.2, 0) is 9.53 Å². The summed E-state index contributed by atoms with van der Waals surface area (Å²) in [5.41, 5.74) is 0. The summed E-state index contributed by atoms with van der Waals surface area (Å²) < 4.78 is 5.28. The Morgan fingerprint density at radius 2 is 2.06 bits per heavy atom. The Morgan fingerprint density at radius 1 is 1.35 bits per heavy atom. The second kappa shape index (κ2) is 8.48. The number of carbonyl (C=O) groups excluding carboxylic acids is 1. The van der Waals surface area contributed by atoms with E-state index in [2.05, 4.69) is 10.6 Å². The Kier molecular flexibility index (Phi) is 7.21. The first-order valence-electron chi connectivity index (χ1n) is 6.83. The quantitative estimate of drug-likeness (QED) is 0.710. The van der Waals surface area contributed by atoms with Gasteiger partial charge in [-0.3, -0.25) is 4.79 Å². The average molecular weight is 242 g/mol. The van der Waals surface area contributed by atoms with Gasteiger partial charge in [0.2, 0.25) is 5.91 Å². The number of rotatable bonds is 7. The number of nitrogens with one attached hydrogen (secondary N) is 2. The van der Waals surface area contributed by atoms with Gasteiger partial charge in [0.05, 0.1) is 13.2 Å². The minimum atomic E-state index is 0.111. The minimum Gasteiger partial charge on any atom is -0.380 e. The maximum atomic E-state index is 11.7. The van der Waals surface area contributed by atoms with Gasteiger partial charge in [-0.15, -0.1) is 0 Å². The highest BCUT2D eigenvalue weighted by Crippen LogP contribution is 2.16. The van der Waals surface area contributed by atoms with Crippen LogP contribution in [0.4, 0.5) is 0 Å². The molecule has 0 bridgehead atoms. The molecule has 0 aliphatic heterocycles. The summed E-state index contributed by atoms with van der Waals surface area (Å²) in [5.74, 6) is 0.111. The van der Waals surface area contributed by atoms with Crippen LogP contribution in [0.1, 0.15) is 46.0 Å². The molecule has 1 atom stereocenters. The first-order chi connectivity index (χ1) is 8.22. The van der Waals surface area contributed by atoms with Crippen LogP contribution in [0.15, 0.2) is 0 Å². The predicted molar refractivity (Wildman–Crippen MR) is 69.0 cm³/mol. The second-order valence-electron chi connectivity index (χ2n) is 4.84. The lowest BCUT2D eigenvalue weighted by atomic mass is 9.95. The molecule has 17 heavy (non-hydrogen) atoms. The monoisotopic (exact) mass is 242 g/mol. The van der Waals surface area contributed by atoms with Crippen molar-refractivity contribution in [3.63, 3.8) is 0 Å². The summed E-state index contributed by atoms with van der Waals surface area (Å²) in [6.45, 7) is 5.78. The SMILES string of the molecule is CCOCC(C)NCC(=O)NC1CCCCC1. The van der Waals surface area contributed by atoms with Gasteiger partial charge in [0.1, 0.15) is 0 Å². The molecular formula is C13H26N2O2. The summed E-state index contributed by atoms with van der Waals surface area (Å²) in [6, 6.07) is 0.632. The molecule has 1 amide bonds. The van der Waals surface area contributed by atoms with E-state index >= 15 is 0 Å². The smallest absolute Gasteiger partial charge is 0.234 e. The zero-order chi connectivity index (χ0) is 12.5. The summed E-state index contributed by atoms with van der Waals surface area (Å²) in [5, 5.41) is 6.26. The van der Waals surface area contributed by atoms with Crippen molar-refractivity contribution in [1.29, 1.82) is 0 Å². The molecule has 0 heterocycles. The van der Waals surface area contributed by atoms with Crippen molar-refractivity contribution in [2.75, 3.05) is 19.8 Å². The topological polar surface area (TPSA) is 50.4 Å². The molecule has 4 nitrogen and oxygen atoms in total. The zero-order valence-electron chi connectivity index (χ0n) is 11.1. The highest BCUT2D eigenvalue weighted by atomic mass is 16.5. The maximum absolute atomic E-state index is 11.7. The first kappa shape index (κ1) is 14.5. The molecule has 100 valence electrons. The van der Waals surface area contributed by atoms with Crippen molar-refractivity contribution in [3.8, 4) is 0 Å². The predicted octanol–water partition coefficient (Wildman–Crippen LogP) is 1.45. The van der Waals surface area contributed by atoms with Gasteiger partial charge in [-0.05, 0) is 26.7 Å². The van der Waals surface area contributed by atoms with E-state index in [0.717, 1.165) is 19.4 Å². The van der Waals surface area contributed by atoms with Crippen molar-refractivity contribution in [3.05, 3.63) is 0 Å². The fourth-order valence-electron chi connectivity index (χ4n) is 2.15. The standard InChI is InChI=1S/C13H26N2O2/c1-3-17-10-11(2)14-9-13(16)15-12-7-5-4-6-8-12/h11-12,14H,3-10H2,1-2H3,(H,15,16). The molecule has 4 heteroatoms. The molecule has 0 saturated heterocycles. The Morgan fingerprint density at radius 3 is 2.71 bits per heavy atom. The van der Waals surface area contributed by atoms with E-state index in [1.807, 2.05) is 13.8 Å². The highest BCUT2D eigenvalue weighted by molar-refractivity contribution is 5.78. The van der Waals surface area contributed by atoms with Gasteiger partial charge in [-0.2, -0.15) is 0 Å². The first-order valence-corrected chi connectivity index (χ1v) is 6.83. The van der Waals surface area contributed by atoms with Crippen LogP contribution in [-0.4, -0.2) is 37.7 Å². The Bertz CT molecular complexity index is 215. The fourth-order valence-corrected chi connectivity index (χ4v) is 2.15. The molecule has 0 spiro atoms. The van der Waals surface area contributed by atoms with E-state index in [1.54, 1.807) is 0 Å². The van der Waals surface area contributed by atoms with E-state index < -0.39 is 0 Å². The van der Waals surface area contributed by atoms with E-state index in [0.29, 0.717) is 19.2 Å². The van der Waals surface area contributed by atoms with E-state index in [-0.39, 0.29) is 11.9 Å². The molecule has 0 aromatic heterocycles. The van der Waals surface area contributed by atoms with Gasteiger partial charge in [0.25, 0.3) is 0 Å². The van der Waals surface area contributed by atoms with Crippen LogP contribution in [0.3, 0.4) is 0 Å². The Balaban J connectivity index is 2.07. The van der Waals surface area contributed by atoms with Crippen LogP contribution in [0.5, 0.6) is 0 Å². The van der Waals surface area contributed by atoms with Crippen LogP contribution < -0.4 is 10.6 Å². The van der Waals surface area contributed by atoms with Gasteiger partial charge < -0.3 is 15.4 Å². The lowest BCUT2D eigenvalue weighted by Gasteiger charge is -2.23. The van der Waals surface area contributed by atoms with E-state index in [1.165, 1.54) is 19.3 Å². The molecule has 0 aromatic carbocycles. The number of amides is 1. The maximum Gasteiger partial charge on any atom is 0.234 e. The largest absolute Gasteiger partial charge is 0.380 e. The third-order valence-electron chi connectivity index (χ3n) is 3.15. The summed E-state index contributed by atoms with van der Waals surface area (Å²) >= 11 is 0. The molecule has 1 unspecified atom stereocenters. The van der Waals surface area contributed by atoms with Crippen molar-refractivity contribution in [2.45, 2.75) is 58.0 Å². The zero-order valence-corrected chi connectivity index (χ0v) is 11.1. The van der Waals surface area contributed by atoms with Crippen molar-refractivity contribution in [2.24, 2.45) is 0 Å². The van der Waals surface area contributed by atoms with Crippen molar-refractivity contribution in [1.82, 2.24) is 10.6 Å². The molecule has 1 aliphatic carbocycles. The second-order valence-corrected chi connectivity index (χ2v) is 4.84. The highest BCUT2D eigenvalue weighted by Gasteiger charge is 2.15. The summed E-state index contributed by atoms with van der Waals surface area (Å²) in [7, 11) is 0. The van der Waals surface area contributed by atoms with Gasteiger partial charge in [0.15, 0.2) is 0 Å². The molecule has 1 rings (SSSR count). The Labute approximate surface area is 104 Å². The molecule has 0 aromatic rings. The lowest BCUT2D eigenvalue weighted by molar-refractivity contribution is -0.121. The average Bonchev–Trinajstić information content (AvgIpc) is 2.35. The fraction of sp³-hybridized carbons (Fsp3) is 0.923. The number of hydrogen-bond acceptors (Lipinski definition) is 3. The third-order valence-corrected chi connectivity index (χ3v) is 3.15. The van der Waals surface area contributed by atoms with Crippen LogP contribution in [0, 0.1) is 0 Å². The van der Waals surface area contributed by atoms with Gasteiger partial charge >= 0.3 is 0 Å². The summed E-state index contributed by atoms with van der Waals surface area (Å²) in [6.07, 6.45) is 6.09. The van der Waals surface area contributed by atoms with E-state index in [9.17, 15) is 4.79 Å². The normalized spacial score (nSPS) is 18.9. The van der Waals surface area contributed by atoms with Crippen LogP contribution in [0.2, 0.25) is 0 Å². The van der Waals surface area contributed by atoms with Crippen LogP contribution in [0.25, 0.3) is 0 Å². The minimum absolute atomic E-state index is 0.111.